The summed E-state index contributed by atoms with van der Waals surface area (Å²) in [5.41, 5.74) is 1.18. The first kappa shape index (κ1) is 19.2. The molecule has 2 rings (SSSR count). The third-order valence-electron chi connectivity index (χ3n) is 4.48. The number of para-hydroxylation sites is 1. The van der Waals surface area contributed by atoms with Gasteiger partial charge in [0.05, 0.1) is 6.61 Å². The van der Waals surface area contributed by atoms with Gasteiger partial charge in [-0.2, -0.15) is 0 Å². The van der Waals surface area contributed by atoms with Crippen LogP contribution in [0.25, 0.3) is 0 Å². The number of aliphatic hydroxyl groups excluding tert-OH is 2. The van der Waals surface area contributed by atoms with Crippen molar-refractivity contribution in [1.29, 1.82) is 0 Å². The molecule has 1 saturated heterocycles. The molecule has 0 spiro atoms. The predicted molar refractivity (Wildman–Crippen MR) is 96.6 cm³/mol. The van der Waals surface area contributed by atoms with Gasteiger partial charge >= 0.3 is 0 Å². The van der Waals surface area contributed by atoms with E-state index in [4.69, 9.17) is 9.84 Å². The van der Waals surface area contributed by atoms with Gasteiger partial charge in [0, 0.05) is 39.3 Å². The molecule has 0 aliphatic carbocycles. The summed E-state index contributed by atoms with van der Waals surface area (Å²) in [7, 11) is 0. The quantitative estimate of drug-likeness (QED) is 0.787. The Bertz CT molecular complexity index is 494. The van der Waals surface area contributed by atoms with Crippen molar-refractivity contribution in [2.45, 2.75) is 32.3 Å². The molecule has 1 aromatic rings. The van der Waals surface area contributed by atoms with Gasteiger partial charge in [0.2, 0.25) is 0 Å². The number of hydrogen-bond donors (Lipinski definition) is 2. The van der Waals surface area contributed by atoms with Crippen LogP contribution in [0.15, 0.2) is 24.3 Å². The van der Waals surface area contributed by atoms with E-state index in [9.17, 15) is 5.11 Å². The Balaban J connectivity index is 1.79. The largest absolute Gasteiger partial charge is 0.491 e. The number of benzene rings is 1. The molecule has 0 saturated carbocycles. The van der Waals surface area contributed by atoms with E-state index in [0.717, 1.165) is 44.0 Å². The molecule has 1 fully saturated rings. The van der Waals surface area contributed by atoms with E-state index >= 15 is 0 Å². The fourth-order valence-electron chi connectivity index (χ4n) is 3.09. The first-order chi connectivity index (χ1) is 11.4. The summed E-state index contributed by atoms with van der Waals surface area (Å²) in [6.45, 7) is 12.1. The van der Waals surface area contributed by atoms with Crippen molar-refractivity contribution in [3.8, 4) is 5.75 Å². The maximum atomic E-state index is 10.3. The topological polar surface area (TPSA) is 56.2 Å². The maximum absolute atomic E-state index is 10.3. The fourth-order valence-corrected chi connectivity index (χ4v) is 3.09. The first-order valence-corrected chi connectivity index (χ1v) is 8.86. The van der Waals surface area contributed by atoms with E-state index in [1.54, 1.807) is 0 Å². The van der Waals surface area contributed by atoms with Gasteiger partial charge in [-0.05, 0) is 17.0 Å². The molecule has 136 valence electrons. The lowest BCUT2D eigenvalue weighted by atomic mass is 9.86. The molecule has 0 radical (unpaired) electrons. The molecule has 0 amide bonds. The molecule has 1 aliphatic rings. The Kier molecular flexibility index (Phi) is 7.04. The first-order valence-electron chi connectivity index (χ1n) is 8.86. The van der Waals surface area contributed by atoms with Crippen LogP contribution in [0, 0.1) is 0 Å². The SMILES string of the molecule is CC(C)(C)c1ccccc1OC[C@H](O)CN1CCN(CCO)CC1. The van der Waals surface area contributed by atoms with E-state index in [1.165, 1.54) is 0 Å². The van der Waals surface area contributed by atoms with Crippen LogP contribution in [0.5, 0.6) is 5.75 Å². The van der Waals surface area contributed by atoms with Gasteiger partial charge in [0.25, 0.3) is 0 Å². The number of hydrogen-bond acceptors (Lipinski definition) is 5. The number of rotatable bonds is 7. The second-order valence-corrected chi connectivity index (χ2v) is 7.58. The highest BCUT2D eigenvalue weighted by atomic mass is 16.5. The monoisotopic (exact) mass is 336 g/mol. The van der Waals surface area contributed by atoms with Crippen LogP contribution < -0.4 is 4.74 Å². The van der Waals surface area contributed by atoms with Crippen molar-refractivity contribution in [3.63, 3.8) is 0 Å². The van der Waals surface area contributed by atoms with E-state index in [2.05, 4.69) is 36.6 Å². The number of ether oxygens (including phenoxy) is 1. The molecular formula is C19H32N2O3. The summed E-state index contributed by atoms with van der Waals surface area (Å²) >= 11 is 0. The van der Waals surface area contributed by atoms with Crippen molar-refractivity contribution in [3.05, 3.63) is 29.8 Å². The zero-order valence-corrected chi connectivity index (χ0v) is 15.2. The summed E-state index contributed by atoms with van der Waals surface area (Å²) in [5.74, 6) is 0.858. The van der Waals surface area contributed by atoms with Crippen LogP contribution in [-0.2, 0) is 5.41 Å². The highest BCUT2D eigenvalue weighted by Crippen LogP contribution is 2.30. The van der Waals surface area contributed by atoms with Crippen LogP contribution in [-0.4, -0.2) is 78.6 Å². The van der Waals surface area contributed by atoms with Gasteiger partial charge in [-0.1, -0.05) is 39.0 Å². The number of β-amino-alcohol motifs (C(OH)–C–C–N with tert-alkyl or cyclic N) is 2. The molecule has 0 unspecified atom stereocenters. The average Bonchev–Trinajstić information content (AvgIpc) is 2.54. The van der Waals surface area contributed by atoms with Crippen molar-refractivity contribution in [2.75, 3.05) is 52.5 Å². The molecular weight excluding hydrogens is 304 g/mol. The molecule has 5 nitrogen and oxygen atoms in total. The third-order valence-corrected chi connectivity index (χ3v) is 4.48. The second-order valence-electron chi connectivity index (χ2n) is 7.58. The molecule has 5 heteroatoms. The van der Waals surface area contributed by atoms with Gasteiger partial charge in [-0.15, -0.1) is 0 Å². The van der Waals surface area contributed by atoms with Crippen molar-refractivity contribution >= 4 is 0 Å². The smallest absolute Gasteiger partial charge is 0.123 e. The lowest BCUT2D eigenvalue weighted by Gasteiger charge is -2.35. The van der Waals surface area contributed by atoms with Crippen molar-refractivity contribution in [2.24, 2.45) is 0 Å². The lowest BCUT2D eigenvalue weighted by Crippen LogP contribution is -2.49. The molecule has 1 aromatic carbocycles. The molecule has 1 aliphatic heterocycles. The van der Waals surface area contributed by atoms with Crippen LogP contribution in [0.4, 0.5) is 0 Å². The lowest BCUT2D eigenvalue weighted by molar-refractivity contribution is 0.0424. The molecule has 1 heterocycles. The summed E-state index contributed by atoms with van der Waals surface area (Å²) < 4.78 is 5.91. The zero-order valence-electron chi connectivity index (χ0n) is 15.2. The van der Waals surface area contributed by atoms with Crippen LogP contribution in [0.3, 0.4) is 0 Å². The minimum Gasteiger partial charge on any atom is -0.491 e. The van der Waals surface area contributed by atoms with Gasteiger partial charge in [-0.3, -0.25) is 9.80 Å². The van der Waals surface area contributed by atoms with E-state index in [0.29, 0.717) is 13.2 Å². The Labute approximate surface area is 145 Å². The Morgan fingerprint density at radius 1 is 1.08 bits per heavy atom. The van der Waals surface area contributed by atoms with E-state index < -0.39 is 6.10 Å². The number of nitrogens with zero attached hydrogens (tertiary/aromatic N) is 2. The molecule has 0 aromatic heterocycles. The third kappa shape index (κ3) is 5.74. The van der Waals surface area contributed by atoms with Gasteiger partial charge in [-0.25, -0.2) is 0 Å². The Morgan fingerprint density at radius 3 is 2.33 bits per heavy atom. The van der Waals surface area contributed by atoms with Gasteiger partial charge in [0.1, 0.15) is 18.5 Å². The van der Waals surface area contributed by atoms with E-state index in [-0.39, 0.29) is 12.0 Å². The molecule has 24 heavy (non-hydrogen) atoms. The minimum atomic E-state index is -0.498. The molecule has 0 bridgehead atoms. The summed E-state index contributed by atoms with van der Waals surface area (Å²) in [4.78, 5) is 4.51. The highest BCUT2D eigenvalue weighted by Gasteiger charge is 2.21. The van der Waals surface area contributed by atoms with Crippen LogP contribution in [0.2, 0.25) is 0 Å². The average molecular weight is 336 g/mol. The number of piperazine rings is 1. The second kappa shape index (κ2) is 8.81. The Morgan fingerprint density at radius 2 is 1.71 bits per heavy atom. The van der Waals surface area contributed by atoms with Crippen molar-refractivity contribution < 1.29 is 14.9 Å². The van der Waals surface area contributed by atoms with Crippen molar-refractivity contribution in [1.82, 2.24) is 9.80 Å². The van der Waals surface area contributed by atoms with E-state index in [1.807, 2.05) is 18.2 Å². The number of aliphatic hydroxyl groups is 2. The summed E-state index contributed by atoms with van der Waals surface area (Å²) in [5, 5.41) is 19.3. The normalized spacial score (nSPS) is 18.5. The van der Waals surface area contributed by atoms with Crippen LogP contribution >= 0.6 is 0 Å². The molecule has 2 N–H and O–H groups in total. The Hall–Kier alpha value is -1.14. The van der Waals surface area contributed by atoms with Gasteiger partial charge < -0.3 is 14.9 Å². The maximum Gasteiger partial charge on any atom is 0.123 e. The summed E-state index contributed by atoms with van der Waals surface area (Å²) in [6, 6.07) is 8.05. The highest BCUT2D eigenvalue weighted by molar-refractivity contribution is 5.38. The minimum absolute atomic E-state index is 0.0184. The fraction of sp³-hybridized carbons (Fsp3) is 0.684. The van der Waals surface area contributed by atoms with Crippen LogP contribution in [0.1, 0.15) is 26.3 Å². The standard InChI is InChI=1S/C19H32N2O3/c1-19(2,3)17-6-4-5-7-18(17)24-15-16(23)14-21-10-8-20(9-11-21)12-13-22/h4-7,16,22-23H,8-15H2,1-3H3/t16-/m1/s1. The summed E-state index contributed by atoms with van der Waals surface area (Å²) in [6.07, 6.45) is -0.498. The predicted octanol–water partition coefficient (Wildman–Crippen LogP) is 1.33. The molecule has 1 atom stereocenters. The zero-order chi connectivity index (χ0) is 17.6. The van der Waals surface area contributed by atoms with Gasteiger partial charge in [0.15, 0.2) is 0 Å².